The highest BCUT2D eigenvalue weighted by molar-refractivity contribution is 5.71. The number of nitrogens with zero attached hydrogens (tertiary/aromatic N) is 3. The van der Waals surface area contributed by atoms with Crippen molar-refractivity contribution in [3.05, 3.63) is 24.5 Å². The zero-order valence-electron chi connectivity index (χ0n) is 9.91. The number of hydrogen-bond donors (Lipinski definition) is 1. The Morgan fingerprint density at radius 1 is 1.17 bits per heavy atom. The van der Waals surface area contributed by atoms with E-state index in [1.165, 1.54) is 6.42 Å². The number of anilines is 1. The fraction of sp³-hybridized carbons (Fsp3) is 0.462. The predicted molar refractivity (Wildman–Crippen MR) is 67.3 cm³/mol. The molecule has 2 aromatic heterocycles. The van der Waals surface area contributed by atoms with Crippen LogP contribution in [0, 0.1) is 0 Å². The second kappa shape index (κ2) is 3.88. The number of aromatic nitrogens is 3. The van der Waals surface area contributed by atoms with E-state index in [2.05, 4.69) is 20.3 Å². The van der Waals surface area contributed by atoms with Crippen LogP contribution in [0.15, 0.2) is 24.5 Å². The van der Waals surface area contributed by atoms with Crippen molar-refractivity contribution in [3.63, 3.8) is 0 Å². The summed E-state index contributed by atoms with van der Waals surface area (Å²) in [4.78, 5) is 12.9. The topological polar surface area (TPSA) is 59.9 Å². The van der Waals surface area contributed by atoms with E-state index in [1.807, 2.05) is 12.1 Å². The van der Waals surface area contributed by atoms with Crippen LogP contribution >= 0.6 is 0 Å². The Kier molecular flexibility index (Phi) is 2.20. The van der Waals surface area contributed by atoms with Gasteiger partial charge in [0, 0.05) is 12.4 Å². The summed E-state index contributed by atoms with van der Waals surface area (Å²) in [5.41, 5.74) is 1.51. The molecule has 0 radical (unpaired) electrons. The Labute approximate surface area is 105 Å². The van der Waals surface area contributed by atoms with Gasteiger partial charge in [0.2, 0.25) is 0 Å². The molecule has 0 aromatic carbocycles. The van der Waals surface area contributed by atoms with Gasteiger partial charge >= 0.3 is 0 Å². The number of fused-ring (bicyclic) bond motifs is 3. The van der Waals surface area contributed by atoms with Gasteiger partial charge in [-0.3, -0.25) is 4.98 Å². The van der Waals surface area contributed by atoms with Crippen LogP contribution < -0.4 is 5.32 Å². The average molecular weight is 242 g/mol. The Hall–Kier alpha value is -1.75. The summed E-state index contributed by atoms with van der Waals surface area (Å²) in [5, 5.41) is 3.46. The van der Waals surface area contributed by atoms with Crippen molar-refractivity contribution < 1.29 is 4.74 Å². The zero-order chi connectivity index (χ0) is 11.9. The van der Waals surface area contributed by atoms with Gasteiger partial charge in [0.1, 0.15) is 11.3 Å². The van der Waals surface area contributed by atoms with Crippen molar-refractivity contribution in [1.29, 1.82) is 0 Å². The molecule has 2 bridgehead atoms. The number of pyridine rings is 1. The van der Waals surface area contributed by atoms with Gasteiger partial charge < -0.3 is 10.1 Å². The van der Waals surface area contributed by atoms with Crippen LogP contribution in [0.4, 0.5) is 5.82 Å². The highest BCUT2D eigenvalue weighted by Gasteiger charge is 2.40. The molecule has 1 N–H and O–H groups in total. The molecule has 4 rings (SSSR count). The van der Waals surface area contributed by atoms with E-state index in [4.69, 9.17) is 4.74 Å². The Bertz CT molecular complexity index is 588. The van der Waals surface area contributed by atoms with E-state index in [0.717, 1.165) is 24.2 Å². The van der Waals surface area contributed by atoms with Crippen LogP contribution in [0.2, 0.25) is 0 Å². The summed E-state index contributed by atoms with van der Waals surface area (Å²) in [6.45, 7) is 0. The molecule has 0 amide bonds. The van der Waals surface area contributed by atoms with Gasteiger partial charge in [-0.15, -0.1) is 0 Å². The third kappa shape index (κ3) is 1.62. The minimum absolute atomic E-state index is 0.356. The molecule has 0 spiro atoms. The molecular formula is C13H14N4O. The van der Waals surface area contributed by atoms with Gasteiger partial charge in [-0.25, -0.2) is 9.97 Å². The van der Waals surface area contributed by atoms with E-state index < -0.39 is 0 Å². The van der Waals surface area contributed by atoms with Gasteiger partial charge in [-0.1, -0.05) is 0 Å². The minimum Gasteiger partial charge on any atom is -0.373 e. The summed E-state index contributed by atoms with van der Waals surface area (Å²) < 4.78 is 5.83. The van der Waals surface area contributed by atoms with Crippen LogP contribution in [0.1, 0.15) is 19.3 Å². The molecule has 2 fully saturated rings. The number of rotatable bonds is 2. The van der Waals surface area contributed by atoms with Crippen molar-refractivity contribution in [2.75, 3.05) is 5.32 Å². The quantitative estimate of drug-likeness (QED) is 0.869. The lowest BCUT2D eigenvalue weighted by molar-refractivity contribution is 0.102. The Morgan fingerprint density at radius 3 is 2.94 bits per heavy atom. The first kappa shape index (κ1) is 10.2. The maximum Gasteiger partial charge on any atom is 0.180 e. The molecule has 5 heteroatoms. The largest absolute Gasteiger partial charge is 0.373 e. The second-order valence-corrected chi connectivity index (χ2v) is 4.96. The molecule has 92 valence electrons. The van der Waals surface area contributed by atoms with E-state index in [-0.39, 0.29) is 0 Å². The van der Waals surface area contributed by atoms with Crippen LogP contribution in [0.25, 0.3) is 11.2 Å². The van der Waals surface area contributed by atoms with Gasteiger partial charge in [0.05, 0.1) is 18.2 Å². The van der Waals surface area contributed by atoms with Crippen molar-refractivity contribution in [2.24, 2.45) is 0 Å². The van der Waals surface area contributed by atoms with Crippen molar-refractivity contribution in [3.8, 4) is 0 Å². The highest BCUT2D eigenvalue weighted by atomic mass is 16.5. The SMILES string of the molecule is c1cnc2nc(NC3CC4CCC3O4)ccc2n1. The first-order valence-corrected chi connectivity index (χ1v) is 6.38. The summed E-state index contributed by atoms with van der Waals surface area (Å²) in [6, 6.07) is 4.31. The molecule has 2 aliphatic heterocycles. The summed E-state index contributed by atoms with van der Waals surface area (Å²) in [6.07, 6.45) is 7.61. The number of nitrogens with one attached hydrogen (secondary N) is 1. The predicted octanol–water partition coefficient (Wildman–Crippen LogP) is 1.76. The maximum atomic E-state index is 5.83. The molecule has 3 unspecified atom stereocenters. The molecule has 2 aromatic rings. The van der Waals surface area contributed by atoms with Crippen LogP contribution in [-0.2, 0) is 4.74 Å². The van der Waals surface area contributed by atoms with Crippen LogP contribution in [0.3, 0.4) is 0 Å². The molecule has 5 nitrogen and oxygen atoms in total. The fourth-order valence-electron chi connectivity index (χ4n) is 2.91. The molecule has 2 saturated heterocycles. The van der Waals surface area contributed by atoms with Crippen molar-refractivity contribution >= 4 is 17.0 Å². The third-order valence-corrected chi connectivity index (χ3v) is 3.77. The molecule has 0 saturated carbocycles. The molecular weight excluding hydrogens is 228 g/mol. The molecule has 4 heterocycles. The smallest absolute Gasteiger partial charge is 0.180 e. The van der Waals surface area contributed by atoms with Gasteiger partial charge in [-0.2, -0.15) is 0 Å². The first-order chi connectivity index (χ1) is 8.88. The van der Waals surface area contributed by atoms with Crippen molar-refractivity contribution in [1.82, 2.24) is 15.0 Å². The first-order valence-electron chi connectivity index (χ1n) is 6.38. The van der Waals surface area contributed by atoms with E-state index in [0.29, 0.717) is 23.9 Å². The zero-order valence-corrected chi connectivity index (χ0v) is 9.91. The van der Waals surface area contributed by atoms with Gasteiger partial charge in [0.15, 0.2) is 5.65 Å². The standard InChI is InChI=1S/C13H14N4O/c1-3-11-10(7-8(1)18-11)16-12-4-2-9-13(17-12)15-6-5-14-9/h2,4-6,8,10-11H,1,3,7H2,(H,15,16,17). The summed E-state index contributed by atoms with van der Waals surface area (Å²) in [7, 11) is 0. The summed E-state index contributed by atoms with van der Waals surface area (Å²) in [5.74, 6) is 0.865. The molecule has 18 heavy (non-hydrogen) atoms. The van der Waals surface area contributed by atoms with Gasteiger partial charge in [-0.05, 0) is 31.4 Å². The Balaban J connectivity index is 1.59. The normalized spacial score (nSPS) is 29.9. The molecule has 3 atom stereocenters. The molecule has 0 aliphatic carbocycles. The Morgan fingerprint density at radius 2 is 2.11 bits per heavy atom. The van der Waals surface area contributed by atoms with Crippen LogP contribution in [0.5, 0.6) is 0 Å². The highest BCUT2D eigenvalue weighted by Crippen LogP contribution is 2.35. The van der Waals surface area contributed by atoms with Crippen LogP contribution in [-0.4, -0.2) is 33.2 Å². The van der Waals surface area contributed by atoms with Crippen molar-refractivity contribution in [2.45, 2.75) is 37.5 Å². The van der Waals surface area contributed by atoms with E-state index in [1.54, 1.807) is 12.4 Å². The van der Waals surface area contributed by atoms with E-state index >= 15 is 0 Å². The minimum atomic E-state index is 0.356. The lowest BCUT2D eigenvalue weighted by atomic mass is 9.95. The average Bonchev–Trinajstić information content (AvgIpc) is 3.01. The van der Waals surface area contributed by atoms with Gasteiger partial charge in [0.25, 0.3) is 0 Å². The third-order valence-electron chi connectivity index (χ3n) is 3.77. The fourth-order valence-corrected chi connectivity index (χ4v) is 2.91. The molecule has 2 aliphatic rings. The monoisotopic (exact) mass is 242 g/mol. The lowest BCUT2D eigenvalue weighted by Crippen LogP contribution is -2.30. The second-order valence-electron chi connectivity index (χ2n) is 4.96. The summed E-state index contributed by atoms with van der Waals surface area (Å²) >= 11 is 0. The number of ether oxygens (including phenoxy) is 1. The maximum absolute atomic E-state index is 5.83. The van der Waals surface area contributed by atoms with E-state index in [9.17, 15) is 0 Å². The lowest BCUT2D eigenvalue weighted by Gasteiger charge is -2.20. The number of hydrogen-bond acceptors (Lipinski definition) is 5.